The number of halogens is 1. The Bertz CT molecular complexity index is 444. The van der Waals surface area contributed by atoms with E-state index in [1.54, 1.807) is 17.0 Å². The predicted molar refractivity (Wildman–Crippen MR) is 78.3 cm³/mol. The van der Waals surface area contributed by atoms with E-state index in [0.717, 1.165) is 38.9 Å². The largest absolute Gasteiger partial charge is 0.324 e. The molecule has 1 aromatic carbocycles. The number of benzene rings is 1. The van der Waals surface area contributed by atoms with E-state index in [-0.39, 0.29) is 11.8 Å². The highest BCUT2D eigenvalue weighted by Crippen LogP contribution is 2.14. The maximum Gasteiger partial charge on any atom is 0.321 e. The van der Waals surface area contributed by atoms with E-state index in [2.05, 4.69) is 17.6 Å². The van der Waals surface area contributed by atoms with Crippen LogP contribution < -0.4 is 10.6 Å². The number of carbonyl (C=O) groups is 1. The number of rotatable bonds is 4. The van der Waals surface area contributed by atoms with Crippen LogP contribution in [0.2, 0.25) is 0 Å². The van der Waals surface area contributed by atoms with Crippen molar-refractivity contribution >= 4 is 11.7 Å². The molecule has 2 rings (SSSR count). The summed E-state index contributed by atoms with van der Waals surface area (Å²) >= 11 is 0. The molecule has 1 saturated heterocycles. The van der Waals surface area contributed by atoms with Crippen molar-refractivity contribution in [2.75, 3.05) is 25.0 Å². The number of piperidine rings is 1. The van der Waals surface area contributed by atoms with E-state index < -0.39 is 0 Å². The highest BCUT2D eigenvalue weighted by Gasteiger charge is 2.22. The smallest absolute Gasteiger partial charge is 0.321 e. The third kappa shape index (κ3) is 4.20. The van der Waals surface area contributed by atoms with Gasteiger partial charge in [0.05, 0.1) is 0 Å². The summed E-state index contributed by atoms with van der Waals surface area (Å²) in [5, 5.41) is 6.22. The van der Waals surface area contributed by atoms with Crippen molar-refractivity contribution in [1.82, 2.24) is 10.2 Å². The highest BCUT2D eigenvalue weighted by atomic mass is 19.1. The van der Waals surface area contributed by atoms with E-state index in [9.17, 15) is 9.18 Å². The lowest BCUT2D eigenvalue weighted by Crippen LogP contribution is -2.46. The Morgan fingerprint density at radius 3 is 2.80 bits per heavy atom. The molecule has 2 N–H and O–H groups in total. The second kappa shape index (κ2) is 7.24. The Labute approximate surface area is 119 Å². The first-order valence-electron chi connectivity index (χ1n) is 7.24. The molecular formula is C15H22FN3O. The molecule has 0 bridgehead atoms. The molecule has 110 valence electrons. The first-order chi connectivity index (χ1) is 9.69. The molecule has 1 aromatic rings. The summed E-state index contributed by atoms with van der Waals surface area (Å²) in [6.07, 6.45) is 3.06. The van der Waals surface area contributed by atoms with E-state index in [1.807, 2.05) is 0 Å². The van der Waals surface area contributed by atoms with Crippen LogP contribution in [-0.4, -0.2) is 36.6 Å². The number of nitrogens with zero attached hydrogens (tertiary/aromatic N) is 1. The number of hydrogen-bond acceptors (Lipinski definition) is 2. The zero-order valence-corrected chi connectivity index (χ0v) is 11.9. The molecule has 0 unspecified atom stereocenters. The Morgan fingerprint density at radius 2 is 2.15 bits per heavy atom. The van der Waals surface area contributed by atoms with Crippen LogP contribution in [0.3, 0.4) is 0 Å². The fourth-order valence-corrected chi connectivity index (χ4v) is 2.40. The van der Waals surface area contributed by atoms with Crippen molar-refractivity contribution < 1.29 is 9.18 Å². The number of anilines is 1. The number of carbonyl (C=O) groups excluding carboxylic acids is 1. The molecule has 20 heavy (non-hydrogen) atoms. The summed E-state index contributed by atoms with van der Waals surface area (Å²) < 4.78 is 13.1. The molecule has 1 aliphatic rings. The van der Waals surface area contributed by atoms with Gasteiger partial charge in [0.25, 0.3) is 0 Å². The van der Waals surface area contributed by atoms with Gasteiger partial charge in [-0.05, 0) is 44.0 Å². The van der Waals surface area contributed by atoms with Gasteiger partial charge < -0.3 is 15.5 Å². The third-order valence-electron chi connectivity index (χ3n) is 3.54. The first kappa shape index (κ1) is 14.8. The maximum atomic E-state index is 13.1. The SMILES string of the molecule is CCCNC1CCN(C(=O)Nc2cccc(F)c2)CC1. The molecule has 0 atom stereocenters. The zero-order valence-electron chi connectivity index (χ0n) is 11.9. The lowest BCUT2D eigenvalue weighted by molar-refractivity contribution is 0.189. The van der Waals surface area contributed by atoms with Gasteiger partial charge in [0, 0.05) is 24.8 Å². The van der Waals surface area contributed by atoms with Crippen LogP contribution in [0.5, 0.6) is 0 Å². The molecule has 1 heterocycles. The molecule has 0 aliphatic carbocycles. The minimum Gasteiger partial charge on any atom is -0.324 e. The van der Waals surface area contributed by atoms with E-state index in [0.29, 0.717) is 11.7 Å². The Morgan fingerprint density at radius 1 is 1.40 bits per heavy atom. The standard InChI is InChI=1S/C15H22FN3O/c1-2-8-17-13-6-9-19(10-7-13)15(20)18-14-5-3-4-12(16)11-14/h3-5,11,13,17H,2,6-10H2,1H3,(H,18,20). The van der Waals surface area contributed by atoms with E-state index in [1.165, 1.54) is 12.1 Å². The van der Waals surface area contributed by atoms with Crippen LogP contribution in [0, 0.1) is 5.82 Å². The van der Waals surface area contributed by atoms with Crippen LogP contribution >= 0.6 is 0 Å². The first-order valence-corrected chi connectivity index (χ1v) is 7.24. The van der Waals surface area contributed by atoms with Gasteiger partial charge in [0.2, 0.25) is 0 Å². The minimum absolute atomic E-state index is 0.149. The lowest BCUT2D eigenvalue weighted by Gasteiger charge is -2.32. The van der Waals surface area contributed by atoms with Crippen LogP contribution in [0.4, 0.5) is 14.9 Å². The van der Waals surface area contributed by atoms with Crippen molar-refractivity contribution in [3.8, 4) is 0 Å². The van der Waals surface area contributed by atoms with Crippen molar-refractivity contribution in [2.45, 2.75) is 32.2 Å². The number of urea groups is 1. The average molecular weight is 279 g/mol. The normalized spacial score (nSPS) is 16.2. The van der Waals surface area contributed by atoms with E-state index >= 15 is 0 Å². The monoisotopic (exact) mass is 279 g/mol. The van der Waals surface area contributed by atoms with Gasteiger partial charge in [-0.25, -0.2) is 9.18 Å². The second-order valence-corrected chi connectivity index (χ2v) is 5.16. The number of hydrogen-bond donors (Lipinski definition) is 2. The van der Waals surface area contributed by atoms with Gasteiger partial charge in [-0.2, -0.15) is 0 Å². The van der Waals surface area contributed by atoms with Gasteiger partial charge >= 0.3 is 6.03 Å². The molecule has 4 nitrogen and oxygen atoms in total. The van der Waals surface area contributed by atoms with Crippen molar-refractivity contribution in [3.05, 3.63) is 30.1 Å². The van der Waals surface area contributed by atoms with Crippen LogP contribution in [0.1, 0.15) is 26.2 Å². The van der Waals surface area contributed by atoms with Crippen LogP contribution in [0.25, 0.3) is 0 Å². The Kier molecular flexibility index (Phi) is 5.35. The van der Waals surface area contributed by atoms with Crippen molar-refractivity contribution in [1.29, 1.82) is 0 Å². The van der Waals surface area contributed by atoms with Crippen molar-refractivity contribution in [3.63, 3.8) is 0 Å². The molecule has 0 radical (unpaired) electrons. The lowest BCUT2D eigenvalue weighted by atomic mass is 10.1. The molecule has 2 amide bonds. The number of nitrogens with one attached hydrogen (secondary N) is 2. The maximum absolute atomic E-state index is 13.1. The molecule has 0 aromatic heterocycles. The van der Waals surface area contributed by atoms with E-state index in [4.69, 9.17) is 0 Å². The van der Waals surface area contributed by atoms with Crippen LogP contribution in [0.15, 0.2) is 24.3 Å². The molecule has 1 aliphatic heterocycles. The van der Waals surface area contributed by atoms with Gasteiger partial charge in [0.1, 0.15) is 5.82 Å². The Balaban J connectivity index is 1.80. The number of likely N-dealkylation sites (tertiary alicyclic amines) is 1. The zero-order chi connectivity index (χ0) is 14.4. The fourth-order valence-electron chi connectivity index (χ4n) is 2.40. The molecule has 0 saturated carbocycles. The highest BCUT2D eigenvalue weighted by molar-refractivity contribution is 5.89. The van der Waals surface area contributed by atoms with Gasteiger partial charge in [0.15, 0.2) is 0 Å². The summed E-state index contributed by atoms with van der Waals surface area (Å²) in [7, 11) is 0. The summed E-state index contributed by atoms with van der Waals surface area (Å²) in [6.45, 7) is 4.65. The summed E-state index contributed by atoms with van der Waals surface area (Å²) in [5.41, 5.74) is 0.501. The van der Waals surface area contributed by atoms with Crippen molar-refractivity contribution in [2.24, 2.45) is 0 Å². The summed E-state index contributed by atoms with van der Waals surface area (Å²) in [4.78, 5) is 13.9. The molecule has 5 heteroatoms. The van der Waals surface area contributed by atoms with Gasteiger partial charge in [-0.1, -0.05) is 13.0 Å². The van der Waals surface area contributed by atoms with Gasteiger partial charge in [-0.3, -0.25) is 0 Å². The fraction of sp³-hybridized carbons (Fsp3) is 0.533. The summed E-state index contributed by atoms with van der Waals surface area (Å²) in [6, 6.07) is 6.33. The minimum atomic E-state index is -0.342. The average Bonchev–Trinajstić information content (AvgIpc) is 2.45. The number of amides is 2. The molecule has 1 fully saturated rings. The molecular weight excluding hydrogens is 257 g/mol. The van der Waals surface area contributed by atoms with Crippen LogP contribution in [-0.2, 0) is 0 Å². The topological polar surface area (TPSA) is 44.4 Å². The quantitative estimate of drug-likeness (QED) is 0.890. The predicted octanol–water partition coefficient (Wildman–Crippen LogP) is 2.82. The molecule has 0 spiro atoms. The second-order valence-electron chi connectivity index (χ2n) is 5.16. The summed E-state index contributed by atoms with van der Waals surface area (Å²) in [5.74, 6) is -0.342. The third-order valence-corrected chi connectivity index (χ3v) is 3.54. The Hall–Kier alpha value is -1.62. The van der Waals surface area contributed by atoms with Gasteiger partial charge in [-0.15, -0.1) is 0 Å².